The summed E-state index contributed by atoms with van der Waals surface area (Å²) in [5.74, 6) is 2.65. The highest BCUT2D eigenvalue weighted by Gasteiger charge is 2.29. The van der Waals surface area contributed by atoms with Crippen LogP contribution >= 0.6 is 0 Å². The summed E-state index contributed by atoms with van der Waals surface area (Å²) in [5, 5.41) is 0. The minimum atomic E-state index is 0.260. The number of carbonyl (C=O) groups is 1. The Balaban J connectivity index is 1.60. The van der Waals surface area contributed by atoms with Crippen LogP contribution in [0.25, 0.3) is 0 Å². The number of piperazine rings is 1. The van der Waals surface area contributed by atoms with Gasteiger partial charge in [-0.2, -0.15) is 0 Å². The Morgan fingerprint density at radius 1 is 0.926 bits per heavy atom. The lowest BCUT2D eigenvalue weighted by atomic mass is 9.88. The van der Waals surface area contributed by atoms with Gasteiger partial charge >= 0.3 is 0 Å². The van der Waals surface area contributed by atoms with Crippen molar-refractivity contribution < 1.29 is 19.0 Å². The number of methoxy groups -OCH3 is 3. The summed E-state index contributed by atoms with van der Waals surface area (Å²) in [4.78, 5) is 17.2. The van der Waals surface area contributed by atoms with Gasteiger partial charge in [-0.25, -0.2) is 0 Å². The summed E-state index contributed by atoms with van der Waals surface area (Å²) in [6.45, 7) is 4.16. The molecule has 1 heterocycles. The van der Waals surface area contributed by atoms with Crippen LogP contribution in [0.1, 0.15) is 37.7 Å². The molecule has 0 unspecified atom stereocenters. The van der Waals surface area contributed by atoms with Gasteiger partial charge in [0, 0.05) is 44.2 Å². The Hall–Kier alpha value is -1.95. The molecule has 0 bridgehead atoms. The number of nitrogens with zero attached hydrogens (tertiary/aromatic N) is 2. The Morgan fingerprint density at radius 3 is 2.19 bits per heavy atom. The van der Waals surface area contributed by atoms with Gasteiger partial charge in [-0.1, -0.05) is 25.3 Å². The number of hydrogen-bond donors (Lipinski definition) is 0. The maximum Gasteiger partial charge on any atom is 0.225 e. The van der Waals surface area contributed by atoms with Gasteiger partial charge in [-0.15, -0.1) is 0 Å². The molecule has 0 aromatic heterocycles. The lowest BCUT2D eigenvalue weighted by Crippen LogP contribution is -2.50. The van der Waals surface area contributed by atoms with Gasteiger partial charge in [0.25, 0.3) is 0 Å². The summed E-state index contributed by atoms with van der Waals surface area (Å²) in [7, 11) is 4.90. The van der Waals surface area contributed by atoms with E-state index < -0.39 is 0 Å². The molecule has 1 aromatic rings. The number of hydrogen-bond acceptors (Lipinski definition) is 5. The SMILES string of the molecule is COc1ccc(CN2CCN(C(=O)C3CCCCC3)CC2)c(OC)c1OC. The van der Waals surface area contributed by atoms with Gasteiger partial charge in [-0.05, 0) is 18.9 Å². The minimum absolute atomic E-state index is 0.260. The Bertz CT molecular complexity index is 635. The van der Waals surface area contributed by atoms with Crippen LogP contribution in [-0.4, -0.2) is 63.2 Å². The van der Waals surface area contributed by atoms with Gasteiger partial charge < -0.3 is 19.1 Å². The van der Waals surface area contributed by atoms with Gasteiger partial charge in [-0.3, -0.25) is 9.69 Å². The molecular formula is C21H32N2O4. The van der Waals surface area contributed by atoms with Crippen LogP contribution in [0, 0.1) is 5.92 Å². The van der Waals surface area contributed by atoms with E-state index in [1.807, 2.05) is 12.1 Å². The van der Waals surface area contributed by atoms with Crippen LogP contribution < -0.4 is 14.2 Å². The van der Waals surface area contributed by atoms with Crippen molar-refractivity contribution in [1.29, 1.82) is 0 Å². The molecule has 1 aliphatic carbocycles. The number of carbonyl (C=O) groups excluding carboxylic acids is 1. The molecule has 0 atom stereocenters. The fraction of sp³-hybridized carbons (Fsp3) is 0.667. The van der Waals surface area contributed by atoms with Gasteiger partial charge in [0.05, 0.1) is 21.3 Å². The lowest BCUT2D eigenvalue weighted by molar-refractivity contribution is -0.138. The van der Waals surface area contributed by atoms with E-state index in [1.54, 1.807) is 21.3 Å². The first-order chi connectivity index (χ1) is 13.2. The molecule has 2 aliphatic rings. The zero-order chi connectivity index (χ0) is 19.2. The quantitative estimate of drug-likeness (QED) is 0.764. The maximum atomic E-state index is 12.7. The molecule has 6 heteroatoms. The van der Waals surface area contributed by atoms with Crippen LogP contribution in [0.5, 0.6) is 17.2 Å². The summed E-state index contributed by atoms with van der Waals surface area (Å²) in [5.41, 5.74) is 1.07. The molecular weight excluding hydrogens is 344 g/mol. The summed E-state index contributed by atoms with van der Waals surface area (Å²) in [6, 6.07) is 3.94. The minimum Gasteiger partial charge on any atom is -0.493 e. The molecule has 1 aromatic carbocycles. The standard InChI is InChI=1S/C21H32N2O4/c1-25-18-10-9-17(19(26-2)20(18)27-3)15-22-11-13-23(14-12-22)21(24)16-7-5-4-6-8-16/h9-10,16H,4-8,11-15H2,1-3H3. The third kappa shape index (κ3) is 4.49. The van der Waals surface area contributed by atoms with E-state index in [4.69, 9.17) is 14.2 Å². The highest BCUT2D eigenvalue weighted by molar-refractivity contribution is 5.79. The lowest BCUT2D eigenvalue weighted by Gasteiger charge is -2.37. The average molecular weight is 376 g/mol. The highest BCUT2D eigenvalue weighted by atomic mass is 16.5. The van der Waals surface area contributed by atoms with E-state index in [0.717, 1.165) is 56.9 Å². The zero-order valence-corrected chi connectivity index (χ0v) is 16.8. The predicted octanol–water partition coefficient (Wildman–Crippen LogP) is 2.94. The first kappa shape index (κ1) is 19.8. The number of rotatable bonds is 6. The number of amides is 1. The van der Waals surface area contributed by atoms with Crippen molar-refractivity contribution in [3.8, 4) is 17.2 Å². The average Bonchev–Trinajstić information content (AvgIpc) is 2.73. The van der Waals surface area contributed by atoms with Gasteiger partial charge in [0.2, 0.25) is 11.7 Å². The Morgan fingerprint density at radius 2 is 1.59 bits per heavy atom. The van der Waals surface area contributed by atoms with Crippen LogP contribution in [0.3, 0.4) is 0 Å². The first-order valence-corrected chi connectivity index (χ1v) is 9.97. The molecule has 6 nitrogen and oxygen atoms in total. The van der Waals surface area contributed by atoms with Crippen molar-refractivity contribution in [1.82, 2.24) is 9.80 Å². The fourth-order valence-corrected chi connectivity index (χ4v) is 4.26. The van der Waals surface area contributed by atoms with Crippen LogP contribution in [0.2, 0.25) is 0 Å². The molecule has 1 aliphatic heterocycles. The highest BCUT2D eigenvalue weighted by Crippen LogP contribution is 2.40. The van der Waals surface area contributed by atoms with E-state index in [-0.39, 0.29) is 5.92 Å². The Labute approximate surface area is 162 Å². The summed E-state index contributed by atoms with van der Waals surface area (Å²) in [6.07, 6.45) is 5.83. The van der Waals surface area contributed by atoms with E-state index >= 15 is 0 Å². The van der Waals surface area contributed by atoms with Crippen molar-refractivity contribution in [2.45, 2.75) is 38.6 Å². The van der Waals surface area contributed by atoms with E-state index in [9.17, 15) is 4.79 Å². The largest absolute Gasteiger partial charge is 0.493 e. The number of ether oxygens (including phenoxy) is 3. The summed E-state index contributed by atoms with van der Waals surface area (Å²) < 4.78 is 16.4. The molecule has 1 amide bonds. The monoisotopic (exact) mass is 376 g/mol. The molecule has 0 radical (unpaired) electrons. The molecule has 2 fully saturated rings. The molecule has 150 valence electrons. The molecule has 27 heavy (non-hydrogen) atoms. The normalized spacial score (nSPS) is 19.0. The third-order valence-electron chi connectivity index (χ3n) is 5.82. The van der Waals surface area contributed by atoms with Gasteiger partial charge in [0.15, 0.2) is 11.5 Å². The summed E-state index contributed by atoms with van der Waals surface area (Å²) >= 11 is 0. The van der Waals surface area contributed by atoms with Crippen LogP contribution in [0.15, 0.2) is 12.1 Å². The topological polar surface area (TPSA) is 51.2 Å². The maximum absolute atomic E-state index is 12.7. The smallest absolute Gasteiger partial charge is 0.225 e. The van der Waals surface area contributed by atoms with Crippen LogP contribution in [-0.2, 0) is 11.3 Å². The van der Waals surface area contributed by atoms with Crippen molar-refractivity contribution in [2.75, 3.05) is 47.5 Å². The van der Waals surface area contributed by atoms with Crippen molar-refractivity contribution >= 4 is 5.91 Å². The van der Waals surface area contributed by atoms with Gasteiger partial charge in [0.1, 0.15) is 0 Å². The van der Waals surface area contributed by atoms with E-state index in [1.165, 1.54) is 19.3 Å². The van der Waals surface area contributed by atoms with E-state index in [0.29, 0.717) is 17.4 Å². The van der Waals surface area contributed by atoms with E-state index in [2.05, 4.69) is 9.80 Å². The zero-order valence-electron chi connectivity index (χ0n) is 16.8. The van der Waals surface area contributed by atoms with Crippen molar-refractivity contribution in [3.05, 3.63) is 17.7 Å². The first-order valence-electron chi connectivity index (χ1n) is 9.97. The Kier molecular flexibility index (Phi) is 6.83. The van der Waals surface area contributed by atoms with Crippen LogP contribution in [0.4, 0.5) is 0 Å². The molecule has 0 N–H and O–H groups in total. The second-order valence-corrected chi connectivity index (χ2v) is 7.43. The number of benzene rings is 1. The van der Waals surface area contributed by atoms with Crippen molar-refractivity contribution in [2.24, 2.45) is 5.92 Å². The molecule has 1 saturated carbocycles. The second-order valence-electron chi connectivity index (χ2n) is 7.43. The third-order valence-corrected chi connectivity index (χ3v) is 5.82. The predicted molar refractivity (Wildman–Crippen MR) is 105 cm³/mol. The fourth-order valence-electron chi connectivity index (χ4n) is 4.26. The second kappa shape index (κ2) is 9.31. The molecule has 0 spiro atoms. The van der Waals surface area contributed by atoms with Crippen molar-refractivity contribution in [3.63, 3.8) is 0 Å². The molecule has 3 rings (SSSR count). The molecule has 1 saturated heterocycles.